The number of benzene rings is 2. The Hall–Kier alpha value is -2.77. The van der Waals surface area contributed by atoms with Gasteiger partial charge in [0.2, 0.25) is 5.91 Å². The Balaban J connectivity index is 1.33. The molecule has 28 heavy (non-hydrogen) atoms. The molecule has 146 valence electrons. The van der Waals surface area contributed by atoms with Gasteiger partial charge in [-0.25, -0.2) is 4.39 Å². The van der Waals surface area contributed by atoms with Gasteiger partial charge >= 0.3 is 0 Å². The molecule has 0 bridgehead atoms. The third kappa shape index (κ3) is 4.37. The van der Waals surface area contributed by atoms with Gasteiger partial charge in [-0.1, -0.05) is 0 Å². The lowest BCUT2D eigenvalue weighted by Crippen LogP contribution is -2.38. The molecule has 2 aromatic rings. The molecule has 1 fully saturated rings. The Kier molecular flexibility index (Phi) is 5.64. The molecule has 0 aliphatic carbocycles. The number of ether oxygens (including phenoxy) is 1. The highest BCUT2D eigenvalue weighted by molar-refractivity contribution is 6.12. The summed E-state index contributed by atoms with van der Waals surface area (Å²) in [6, 6.07) is 12.0. The fourth-order valence-corrected chi connectivity index (χ4v) is 3.41. The summed E-state index contributed by atoms with van der Waals surface area (Å²) in [5, 5.41) is 6.15. The van der Waals surface area contributed by atoms with Crippen molar-refractivity contribution in [3.05, 3.63) is 53.8 Å². The molecule has 0 aromatic heterocycles. The monoisotopic (exact) mass is 382 g/mol. The van der Waals surface area contributed by atoms with Crippen LogP contribution in [0, 0.1) is 5.82 Å². The van der Waals surface area contributed by atoms with E-state index in [1.54, 1.807) is 12.3 Å². The number of fused-ring (bicyclic) bond motifs is 1. The van der Waals surface area contributed by atoms with Crippen molar-refractivity contribution in [3.63, 3.8) is 0 Å². The minimum atomic E-state index is -0.572. The van der Waals surface area contributed by atoms with Crippen LogP contribution < -0.4 is 10.6 Å². The highest BCUT2D eigenvalue weighted by Crippen LogP contribution is 2.32. The van der Waals surface area contributed by atoms with Gasteiger partial charge in [0.15, 0.2) is 0 Å². The SMILES string of the molecule is O=C1Nc2ccc(F)cc2C1C=Nc1ccc(NCCN2CCOCC2)cc1. The smallest absolute Gasteiger partial charge is 0.237 e. The first-order valence-corrected chi connectivity index (χ1v) is 9.47. The van der Waals surface area contributed by atoms with Gasteiger partial charge in [0.1, 0.15) is 11.7 Å². The molecule has 4 rings (SSSR count). The van der Waals surface area contributed by atoms with Gasteiger partial charge in [-0.15, -0.1) is 0 Å². The molecule has 1 amide bonds. The number of nitrogens with one attached hydrogen (secondary N) is 2. The van der Waals surface area contributed by atoms with Crippen molar-refractivity contribution in [2.75, 3.05) is 50.0 Å². The van der Waals surface area contributed by atoms with E-state index in [4.69, 9.17) is 4.74 Å². The number of halogens is 1. The number of carbonyl (C=O) groups excluding carboxylic acids is 1. The normalized spacial score (nSPS) is 19.6. The zero-order valence-electron chi connectivity index (χ0n) is 15.5. The van der Waals surface area contributed by atoms with Crippen molar-refractivity contribution in [1.82, 2.24) is 4.90 Å². The third-order valence-corrected chi connectivity index (χ3v) is 4.99. The van der Waals surface area contributed by atoms with Crippen LogP contribution in [-0.2, 0) is 9.53 Å². The molecule has 1 atom stereocenters. The van der Waals surface area contributed by atoms with Gasteiger partial charge in [0.05, 0.1) is 18.9 Å². The second-order valence-corrected chi connectivity index (χ2v) is 6.90. The highest BCUT2D eigenvalue weighted by Gasteiger charge is 2.29. The second-order valence-electron chi connectivity index (χ2n) is 6.90. The lowest BCUT2D eigenvalue weighted by molar-refractivity contribution is -0.115. The maximum Gasteiger partial charge on any atom is 0.237 e. The summed E-state index contributed by atoms with van der Waals surface area (Å²) in [6.07, 6.45) is 1.57. The number of anilines is 2. The highest BCUT2D eigenvalue weighted by atomic mass is 19.1. The molecular weight excluding hydrogens is 359 g/mol. The summed E-state index contributed by atoms with van der Waals surface area (Å²) < 4.78 is 18.8. The zero-order chi connectivity index (χ0) is 19.3. The Morgan fingerprint density at radius 2 is 2.00 bits per heavy atom. The number of rotatable bonds is 6. The summed E-state index contributed by atoms with van der Waals surface area (Å²) in [4.78, 5) is 18.9. The predicted octanol–water partition coefficient (Wildman–Crippen LogP) is 3.01. The van der Waals surface area contributed by atoms with Gasteiger partial charge in [-0.05, 0) is 48.0 Å². The van der Waals surface area contributed by atoms with Crippen LogP contribution >= 0.6 is 0 Å². The molecule has 2 heterocycles. The van der Waals surface area contributed by atoms with Gasteiger partial charge in [0, 0.05) is 43.8 Å². The van der Waals surface area contributed by atoms with Crippen LogP contribution in [0.4, 0.5) is 21.5 Å². The van der Waals surface area contributed by atoms with E-state index in [0.29, 0.717) is 11.3 Å². The van der Waals surface area contributed by atoms with E-state index >= 15 is 0 Å². The molecule has 0 radical (unpaired) electrons. The van der Waals surface area contributed by atoms with Crippen LogP contribution in [0.5, 0.6) is 0 Å². The van der Waals surface area contributed by atoms with E-state index in [2.05, 4.69) is 20.5 Å². The van der Waals surface area contributed by atoms with E-state index in [0.717, 1.165) is 50.8 Å². The maximum absolute atomic E-state index is 13.5. The molecular formula is C21H23FN4O2. The quantitative estimate of drug-likeness (QED) is 0.754. The zero-order valence-corrected chi connectivity index (χ0v) is 15.5. The maximum atomic E-state index is 13.5. The summed E-state index contributed by atoms with van der Waals surface area (Å²) in [7, 11) is 0. The Labute approximate surface area is 163 Å². The lowest BCUT2D eigenvalue weighted by Gasteiger charge is -2.26. The molecule has 1 saturated heterocycles. The predicted molar refractivity (Wildman–Crippen MR) is 108 cm³/mol. The Morgan fingerprint density at radius 3 is 2.79 bits per heavy atom. The number of aliphatic imine (C=N–C) groups is 1. The van der Waals surface area contributed by atoms with Crippen molar-refractivity contribution in [2.24, 2.45) is 4.99 Å². The van der Waals surface area contributed by atoms with Gasteiger partial charge in [0.25, 0.3) is 0 Å². The average molecular weight is 382 g/mol. The molecule has 0 saturated carbocycles. The van der Waals surface area contributed by atoms with Gasteiger partial charge < -0.3 is 15.4 Å². The van der Waals surface area contributed by atoms with E-state index in [1.807, 2.05) is 24.3 Å². The first-order chi connectivity index (χ1) is 13.7. The number of amides is 1. The van der Waals surface area contributed by atoms with E-state index in [1.165, 1.54) is 12.1 Å². The summed E-state index contributed by atoms with van der Waals surface area (Å²) >= 11 is 0. The molecule has 2 aliphatic rings. The van der Waals surface area contributed by atoms with Crippen molar-refractivity contribution in [1.29, 1.82) is 0 Å². The summed E-state index contributed by atoms with van der Waals surface area (Å²) in [6.45, 7) is 5.43. The van der Waals surface area contributed by atoms with Crippen LogP contribution in [0.15, 0.2) is 47.5 Å². The fraction of sp³-hybridized carbons (Fsp3) is 0.333. The molecule has 6 nitrogen and oxygen atoms in total. The molecule has 7 heteroatoms. The lowest BCUT2D eigenvalue weighted by atomic mass is 10.0. The van der Waals surface area contributed by atoms with Crippen LogP contribution in [0.1, 0.15) is 11.5 Å². The number of nitrogens with zero attached hydrogens (tertiary/aromatic N) is 2. The Bertz CT molecular complexity index is 863. The molecule has 2 aliphatic heterocycles. The summed E-state index contributed by atoms with van der Waals surface area (Å²) in [5.41, 5.74) is 3.03. The Morgan fingerprint density at radius 1 is 1.21 bits per heavy atom. The topological polar surface area (TPSA) is 66.0 Å². The molecule has 2 aromatic carbocycles. The average Bonchev–Trinajstić information content (AvgIpc) is 3.02. The van der Waals surface area contributed by atoms with Crippen LogP contribution in [-0.4, -0.2) is 56.4 Å². The number of hydrogen-bond donors (Lipinski definition) is 2. The number of carbonyl (C=O) groups is 1. The fourth-order valence-electron chi connectivity index (χ4n) is 3.41. The van der Waals surface area contributed by atoms with Crippen LogP contribution in [0.2, 0.25) is 0 Å². The largest absolute Gasteiger partial charge is 0.384 e. The van der Waals surface area contributed by atoms with Crippen molar-refractivity contribution < 1.29 is 13.9 Å². The second kappa shape index (κ2) is 8.50. The standard InChI is InChI=1S/C21H23FN4O2/c22-15-1-6-20-18(13-15)19(21(27)25-20)14-24-17-4-2-16(3-5-17)23-7-8-26-9-11-28-12-10-26/h1-6,13-14,19,23H,7-12H2,(H,25,27). The van der Waals surface area contributed by atoms with Crippen LogP contribution in [0.25, 0.3) is 0 Å². The molecule has 0 spiro atoms. The molecule has 2 N–H and O–H groups in total. The minimum absolute atomic E-state index is 0.189. The number of hydrogen-bond acceptors (Lipinski definition) is 5. The first kappa shape index (κ1) is 18.6. The minimum Gasteiger partial charge on any atom is -0.384 e. The first-order valence-electron chi connectivity index (χ1n) is 9.47. The molecule has 1 unspecified atom stereocenters. The van der Waals surface area contributed by atoms with Crippen molar-refractivity contribution in [3.8, 4) is 0 Å². The van der Waals surface area contributed by atoms with E-state index in [-0.39, 0.29) is 11.7 Å². The van der Waals surface area contributed by atoms with Gasteiger partial charge in [-0.2, -0.15) is 0 Å². The van der Waals surface area contributed by atoms with E-state index in [9.17, 15) is 9.18 Å². The van der Waals surface area contributed by atoms with Crippen molar-refractivity contribution >= 4 is 29.2 Å². The van der Waals surface area contributed by atoms with Crippen molar-refractivity contribution in [2.45, 2.75) is 5.92 Å². The van der Waals surface area contributed by atoms with Crippen LogP contribution in [0.3, 0.4) is 0 Å². The summed E-state index contributed by atoms with van der Waals surface area (Å²) in [5.74, 6) is -1.12. The van der Waals surface area contributed by atoms with Gasteiger partial charge in [-0.3, -0.25) is 14.7 Å². The number of morpholine rings is 1. The third-order valence-electron chi connectivity index (χ3n) is 4.99. The van der Waals surface area contributed by atoms with E-state index < -0.39 is 5.92 Å².